The van der Waals surface area contributed by atoms with Crippen LogP contribution in [0.15, 0.2) is 0 Å². The zero-order chi connectivity index (χ0) is 10.5. The summed E-state index contributed by atoms with van der Waals surface area (Å²) in [6, 6.07) is 0.440. The molecule has 1 aliphatic carbocycles. The van der Waals surface area contributed by atoms with Crippen molar-refractivity contribution in [2.24, 2.45) is 11.7 Å². The molecule has 0 aromatic rings. The Morgan fingerprint density at radius 1 is 1.07 bits per heavy atom. The lowest BCUT2D eigenvalue weighted by Crippen LogP contribution is -2.43. The Morgan fingerprint density at radius 2 is 1.80 bits per heavy atom. The molecule has 1 saturated carbocycles. The number of ether oxygens (including phenoxy) is 1. The predicted octanol–water partition coefficient (Wildman–Crippen LogP) is 1.23. The summed E-state index contributed by atoms with van der Waals surface area (Å²) in [4.78, 5) is 2.53. The molecule has 2 atom stereocenters. The second-order valence-corrected chi connectivity index (χ2v) is 4.97. The molecule has 0 spiro atoms. The Balaban J connectivity index is 1.79. The van der Waals surface area contributed by atoms with E-state index in [0.717, 1.165) is 32.2 Å². The minimum Gasteiger partial charge on any atom is -0.379 e. The highest BCUT2D eigenvalue weighted by Gasteiger charge is 2.23. The van der Waals surface area contributed by atoms with E-state index < -0.39 is 0 Å². The topological polar surface area (TPSA) is 38.5 Å². The number of nitrogens with two attached hydrogens (primary N) is 1. The fourth-order valence-corrected chi connectivity index (χ4v) is 2.76. The molecule has 15 heavy (non-hydrogen) atoms. The van der Waals surface area contributed by atoms with Gasteiger partial charge < -0.3 is 10.5 Å². The van der Waals surface area contributed by atoms with E-state index in [9.17, 15) is 0 Å². The van der Waals surface area contributed by atoms with Gasteiger partial charge >= 0.3 is 0 Å². The predicted molar refractivity (Wildman–Crippen MR) is 61.8 cm³/mol. The Kier molecular flexibility index (Phi) is 4.42. The standard InChI is InChI=1S/C12H24N2O/c13-12-5-3-1-2-4-11(12)10-14-6-8-15-9-7-14/h11-12H,1-10,13H2. The average Bonchev–Trinajstić information content (AvgIpc) is 2.46. The average molecular weight is 212 g/mol. The monoisotopic (exact) mass is 212 g/mol. The van der Waals surface area contributed by atoms with Crippen LogP contribution in [0.4, 0.5) is 0 Å². The van der Waals surface area contributed by atoms with Gasteiger partial charge in [-0.3, -0.25) is 4.90 Å². The third kappa shape index (κ3) is 3.44. The van der Waals surface area contributed by atoms with E-state index in [4.69, 9.17) is 10.5 Å². The first-order valence-corrected chi connectivity index (χ1v) is 6.42. The number of nitrogens with zero attached hydrogens (tertiary/aromatic N) is 1. The number of morpholine rings is 1. The SMILES string of the molecule is NC1CCCCCC1CN1CCOCC1. The summed E-state index contributed by atoms with van der Waals surface area (Å²) < 4.78 is 5.37. The van der Waals surface area contributed by atoms with Crippen molar-refractivity contribution in [2.75, 3.05) is 32.8 Å². The van der Waals surface area contributed by atoms with Crippen LogP contribution in [-0.4, -0.2) is 43.8 Å². The van der Waals surface area contributed by atoms with Crippen LogP contribution < -0.4 is 5.73 Å². The molecule has 2 N–H and O–H groups in total. The van der Waals surface area contributed by atoms with Crippen molar-refractivity contribution in [3.63, 3.8) is 0 Å². The molecule has 3 nitrogen and oxygen atoms in total. The van der Waals surface area contributed by atoms with Crippen LogP contribution >= 0.6 is 0 Å². The van der Waals surface area contributed by atoms with E-state index >= 15 is 0 Å². The van der Waals surface area contributed by atoms with Crippen LogP contribution in [0.5, 0.6) is 0 Å². The van der Waals surface area contributed by atoms with E-state index in [1.807, 2.05) is 0 Å². The highest BCUT2D eigenvalue weighted by molar-refractivity contribution is 4.79. The van der Waals surface area contributed by atoms with Crippen molar-refractivity contribution in [3.8, 4) is 0 Å². The van der Waals surface area contributed by atoms with Crippen LogP contribution in [0.1, 0.15) is 32.1 Å². The summed E-state index contributed by atoms with van der Waals surface area (Å²) in [5.41, 5.74) is 6.24. The summed E-state index contributed by atoms with van der Waals surface area (Å²) in [6.07, 6.45) is 6.66. The molecule has 0 bridgehead atoms. The minimum atomic E-state index is 0.440. The Morgan fingerprint density at radius 3 is 2.60 bits per heavy atom. The van der Waals surface area contributed by atoms with Gasteiger partial charge in [0, 0.05) is 25.7 Å². The first-order valence-electron chi connectivity index (χ1n) is 6.42. The molecule has 2 unspecified atom stereocenters. The van der Waals surface area contributed by atoms with Gasteiger partial charge in [0.2, 0.25) is 0 Å². The third-order valence-corrected chi connectivity index (χ3v) is 3.81. The van der Waals surface area contributed by atoms with Crippen molar-refractivity contribution in [1.82, 2.24) is 4.90 Å². The van der Waals surface area contributed by atoms with Gasteiger partial charge in [-0.25, -0.2) is 0 Å². The van der Waals surface area contributed by atoms with Crippen molar-refractivity contribution in [1.29, 1.82) is 0 Å². The van der Waals surface area contributed by atoms with E-state index in [2.05, 4.69) is 4.90 Å². The number of rotatable bonds is 2. The second kappa shape index (κ2) is 5.83. The molecule has 0 aromatic carbocycles. The van der Waals surface area contributed by atoms with Crippen LogP contribution in [-0.2, 0) is 4.74 Å². The van der Waals surface area contributed by atoms with Crippen LogP contribution in [0, 0.1) is 5.92 Å². The lowest BCUT2D eigenvalue weighted by atomic mass is 9.95. The molecule has 0 radical (unpaired) electrons. The Labute approximate surface area is 93.0 Å². The maximum Gasteiger partial charge on any atom is 0.0594 e. The Bertz CT molecular complexity index is 180. The van der Waals surface area contributed by atoms with Crippen molar-refractivity contribution in [3.05, 3.63) is 0 Å². The smallest absolute Gasteiger partial charge is 0.0594 e. The van der Waals surface area contributed by atoms with Crippen molar-refractivity contribution < 1.29 is 4.74 Å². The highest BCUT2D eigenvalue weighted by Crippen LogP contribution is 2.23. The maximum absolute atomic E-state index is 6.24. The van der Waals surface area contributed by atoms with E-state index in [0.29, 0.717) is 6.04 Å². The van der Waals surface area contributed by atoms with Crippen molar-refractivity contribution in [2.45, 2.75) is 38.1 Å². The summed E-state index contributed by atoms with van der Waals surface area (Å²) >= 11 is 0. The second-order valence-electron chi connectivity index (χ2n) is 4.97. The zero-order valence-corrected chi connectivity index (χ0v) is 9.66. The van der Waals surface area contributed by atoms with Gasteiger partial charge in [0.05, 0.1) is 13.2 Å². The van der Waals surface area contributed by atoms with E-state index in [-0.39, 0.29) is 0 Å². The van der Waals surface area contributed by atoms with Crippen LogP contribution in [0.25, 0.3) is 0 Å². The van der Waals surface area contributed by atoms with Gasteiger partial charge in [-0.05, 0) is 18.8 Å². The Hall–Kier alpha value is -0.120. The lowest BCUT2D eigenvalue weighted by molar-refractivity contribution is 0.0282. The minimum absolute atomic E-state index is 0.440. The molecule has 88 valence electrons. The van der Waals surface area contributed by atoms with Crippen LogP contribution in [0.3, 0.4) is 0 Å². The molecule has 0 aromatic heterocycles. The normalized spacial score (nSPS) is 35.0. The molecule has 0 amide bonds. The van der Waals surface area contributed by atoms with Gasteiger partial charge in [0.15, 0.2) is 0 Å². The fourth-order valence-electron chi connectivity index (χ4n) is 2.76. The van der Waals surface area contributed by atoms with Gasteiger partial charge in [0.25, 0.3) is 0 Å². The first kappa shape index (κ1) is 11.4. The van der Waals surface area contributed by atoms with Crippen LogP contribution in [0.2, 0.25) is 0 Å². The largest absolute Gasteiger partial charge is 0.379 e. The molecule has 2 rings (SSSR count). The zero-order valence-electron chi connectivity index (χ0n) is 9.66. The van der Waals surface area contributed by atoms with Gasteiger partial charge in [-0.15, -0.1) is 0 Å². The fraction of sp³-hybridized carbons (Fsp3) is 1.00. The molecule has 1 aliphatic heterocycles. The van der Waals surface area contributed by atoms with E-state index in [1.54, 1.807) is 0 Å². The maximum atomic E-state index is 6.24. The molecule has 1 heterocycles. The summed E-state index contributed by atoms with van der Waals surface area (Å²) in [5, 5.41) is 0. The molecule has 2 aliphatic rings. The molecule has 3 heteroatoms. The molecule has 1 saturated heterocycles. The lowest BCUT2D eigenvalue weighted by Gasteiger charge is -2.32. The quantitative estimate of drug-likeness (QED) is 0.700. The van der Waals surface area contributed by atoms with Crippen molar-refractivity contribution >= 4 is 0 Å². The first-order chi connectivity index (χ1) is 7.36. The van der Waals surface area contributed by atoms with Gasteiger partial charge in [-0.2, -0.15) is 0 Å². The third-order valence-electron chi connectivity index (χ3n) is 3.81. The molecule has 2 fully saturated rings. The summed E-state index contributed by atoms with van der Waals surface area (Å²) in [5.74, 6) is 0.727. The van der Waals surface area contributed by atoms with E-state index in [1.165, 1.54) is 38.6 Å². The van der Waals surface area contributed by atoms with Gasteiger partial charge in [0.1, 0.15) is 0 Å². The summed E-state index contributed by atoms with van der Waals surface area (Å²) in [7, 11) is 0. The van der Waals surface area contributed by atoms with Gasteiger partial charge in [-0.1, -0.05) is 19.3 Å². The molecular formula is C12H24N2O. The highest BCUT2D eigenvalue weighted by atomic mass is 16.5. The summed E-state index contributed by atoms with van der Waals surface area (Å²) in [6.45, 7) is 5.21. The molecular weight excluding hydrogens is 188 g/mol. The number of hydrogen-bond acceptors (Lipinski definition) is 3. The number of hydrogen-bond donors (Lipinski definition) is 1.